The molecule has 7 nitrogen and oxygen atoms in total. The molecule has 1 aromatic heterocycles. The van der Waals surface area contributed by atoms with Crippen molar-refractivity contribution in [1.29, 1.82) is 0 Å². The van der Waals surface area contributed by atoms with Crippen LogP contribution in [0.15, 0.2) is 12.3 Å². The average molecular weight is 300 g/mol. The summed E-state index contributed by atoms with van der Waals surface area (Å²) in [7, 11) is 1.33. The monoisotopic (exact) mass is 299 g/mol. The number of hydrogen-bond acceptors (Lipinski definition) is 6. The molecular weight excluding hydrogens is 286 g/mol. The number of anilines is 1. The van der Waals surface area contributed by atoms with Crippen LogP contribution < -0.4 is 4.90 Å². The molecule has 1 aliphatic rings. The van der Waals surface area contributed by atoms with E-state index in [-0.39, 0.29) is 16.7 Å². The summed E-state index contributed by atoms with van der Waals surface area (Å²) in [4.78, 5) is 27.7. The van der Waals surface area contributed by atoms with Gasteiger partial charge in [0.2, 0.25) is 0 Å². The number of esters is 1. The summed E-state index contributed by atoms with van der Waals surface area (Å²) < 4.78 is 4.78. The Bertz CT molecular complexity index is 537. The number of pyridine rings is 1. The fourth-order valence-electron chi connectivity index (χ4n) is 2.30. The predicted molar refractivity (Wildman–Crippen MR) is 72.9 cm³/mol. The first-order chi connectivity index (χ1) is 9.54. The Balaban J connectivity index is 2.32. The molecule has 2 rings (SSSR count). The van der Waals surface area contributed by atoms with Gasteiger partial charge in [-0.25, -0.2) is 9.78 Å². The lowest BCUT2D eigenvalue weighted by Crippen LogP contribution is -2.45. The number of rotatable bonds is 3. The normalized spacial score (nSPS) is 18.7. The van der Waals surface area contributed by atoms with E-state index in [0.29, 0.717) is 18.8 Å². The number of ether oxygens (including phenoxy) is 1. The molecule has 1 atom stereocenters. The van der Waals surface area contributed by atoms with Crippen molar-refractivity contribution in [3.63, 3.8) is 0 Å². The topological polar surface area (TPSA) is 85.6 Å². The molecule has 0 amide bonds. The molecule has 108 valence electrons. The molecule has 1 saturated heterocycles. The van der Waals surface area contributed by atoms with Gasteiger partial charge in [0.25, 0.3) is 5.69 Å². The molecule has 1 unspecified atom stereocenters. The van der Waals surface area contributed by atoms with Crippen LogP contribution in [0.1, 0.15) is 19.3 Å². The summed E-state index contributed by atoms with van der Waals surface area (Å²) in [6.45, 7) is 0.615. The summed E-state index contributed by atoms with van der Waals surface area (Å²) in [5.74, 6) is 0.0355. The van der Waals surface area contributed by atoms with Crippen molar-refractivity contribution in [3.05, 3.63) is 27.4 Å². The van der Waals surface area contributed by atoms with Crippen molar-refractivity contribution in [3.8, 4) is 0 Å². The second kappa shape index (κ2) is 6.04. The summed E-state index contributed by atoms with van der Waals surface area (Å²) in [6.07, 6.45) is 3.62. The van der Waals surface area contributed by atoms with Gasteiger partial charge >= 0.3 is 5.97 Å². The van der Waals surface area contributed by atoms with Crippen molar-refractivity contribution in [2.75, 3.05) is 18.6 Å². The van der Waals surface area contributed by atoms with Gasteiger partial charge in [-0.05, 0) is 19.3 Å². The molecule has 0 N–H and O–H groups in total. The zero-order chi connectivity index (χ0) is 14.7. The molecule has 0 bridgehead atoms. The maximum atomic E-state index is 11.8. The van der Waals surface area contributed by atoms with Gasteiger partial charge in [-0.3, -0.25) is 10.1 Å². The highest BCUT2D eigenvalue weighted by Crippen LogP contribution is 2.31. The standard InChI is InChI=1S/C12H14ClN3O4/c1-20-12(17)10-4-2-3-5-15(10)11-9(13)6-8(7-14-11)16(18)19/h6-7,10H,2-5H2,1H3. The van der Waals surface area contributed by atoms with E-state index in [1.807, 2.05) is 0 Å². The van der Waals surface area contributed by atoms with Crippen LogP contribution in [0.5, 0.6) is 0 Å². The van der Waals surface area contributed by atoms with Crippen LogP contribution in [-0.2, 0) is 9.53 Å². The second-order valence-corrected chi connectivity index (χ2v) is 4.89. The second-order valence-electron chi connectivity index (χ2n) is 4.48. The number of nitrogens with zero attached hydrogens (tertiary/aromatic N) is 3. The van der Waals surface area contributed by atoms with E-state index in [1.54, 1.807) is 4.90 Å². The highest BCUT2D eigenvalue weighted by molar-refractivity contribution is 6.33. The molecule has 20 heavy (non-hydrogen) atoms. The van der Waals surface area contributed by atoms with Gasteiger partial charge in [0.05, 0.1) is 17.1 Å². The van der Waals surface area contributed by atoms with Crippen LogP contribution in [0.3, 0.4) is 0 Å². The third-order valence-electron chi connectivity index (χ3n) is 3.27. The largest absolute Gasteiger partial charge is 0.467 e. The maximum Gasteiger partial charge on any atom is 0.328 e. The molecule has 1 aromatic rings. The number of halogens is 1. The molecule has 8 heteroatoms. The fourth-order valence-corrected chi connectivity index (χ4v) is 2.57. The van der Waals surface area contributed by atoms with Gasteiger partial charge in [-0.2, -0.15) is 0 Å². The van der Waals surface area contributed by atoms with E-state index in [0.717, 1.165) is 19.0 Å². The smallest absolute Gasteiger partial charge is 0.328 e. The molecule has 0 spiro atoms. The van der Waals surface area contributed by atoms with Gasteiger partial charge in [0.1, 0.15) is 18.1 Å². The number of piperidine rings is 1. The maximum absolute atomic E-state index is 11.8. The molecule has 0 aliphatic carbocycles. The van der Waals surface area contributed by atoms with Gasteiger partial charge in [-0.1, -0.05) is 11.6 Å². The lowest BCUT2D eigenvalue weighted by Gasteiger charge is -2.34. The highest BCUT2D eigenvalue weighted by Gasteiger charge is 2.32. The number of nitro groups is 1. The first-order valence-corrected chi connectivity index (χ1v) is 6.56. The van der Waals surface area contributed by atoms with Crippen LogP contribution in [0, 0.1) is 10.1 Å². The van der Waals surface area contributed by atoms with Crippen molar-refractivity contribution in [2.45, 2.75) is 25.3 Å². The van der Waals surface area contributed by atoms with E-state index in [9.17, 15) is 14.9 Å². The predicted octanol–water partition coefficient (Wildman–Crippen LogP) is 2.18. The zero-order valence-corrected chi connectivity index (χ0v) is 11.7. The third-order valence-corrected chi connectivity index (χ3v) is 3.54. The number of carbonyl (C=O) groups excluding carboxylic acids is 1. The van der Waals surface area contributed by atoms with Crippen LogP contribution in [0.4, 0.5) is 11.5 Å². The van der Waals surface area contributed by atoms with Crippen LogP contribution in [0.2, 0.25) is 5.02 Å². The molecule has 0 saturated carbocycles. The molecule has 1 fully saturated rings. The van der Waals surface area contributed by atoms with Crippen molar-refractivity contribution in [1.82, 2.24) is 4.98 Å². The minimum atomic E-state index is -0.559. The van der Waals surface area contributed by atoms with Crippen LogP contribution >= 0.6 is 11.6 Å². The Kier molecular flexibility index (Phi) is 4.39. The summed E-state index contributed by atoms with van der Waals surface area (Å²) in [5.41, 5.74) is -0.176. The number of methoxy groups -OCH3 is 1. The first-order valence-electron chi connectivity index (χ1n) is 6.19. The van der Waals surface area contributed by atoms with E-state index in [2.05, 4.69) is 4.98 Å². The average Bonchev–Trinajstić information content (AvgIpc) is 2.46. The molecule has 1 aliphatic heterocycles. The van der Waals surface area contributed by atoms with E-state index >= 15 is 0 Å². The lowest BCUT2D eigenvalue weighted by molar-refractivity contribution is -0.385. The van der Waals surface area contributed by atoms with E-state index in [1.165, 1.54) is 13.2 Å². The summed E-state index contributed by atoms with van der Waals surface area (Å²) in [5, 5.41) is 10.8. The minimum Gasteiger partial charge on any atom is -0.467 e. The van der Waals surface area contributed by atoms with Crippen molar-refractivity contribution in [2.24, 2.45) is 0 Å². The third kappa shape index (κ3) is 2.82. The van der Waals surface area contributed by atoms with Crippen LogP contribution in [-0.4, -0.2) is 35.6 Å². The Hall–Kier alpha value is -1.89. The van der Waals surface area contributed by atoms with Gasteiger partial charge in [0, 0.05) is 12.6 Å². The van der Waals surface area contributed by atoms with E-state index in [4.69, 9.17) is 16.3 Å². The lowest BCUT2D eigenvalue weighted by atomic mass is 10.0. The van der Waals surface area contributed by atoms with Crippen molar-refractivity contribution >= 4 is 29.1 Å². The van der Waals surface area contributed by atoms with Crippen molar-refractivity contribution < 1.29 is 14.5 Å². The molecule has 0 aromatic carbocycles. The zero-order valence-electron chi connectivity index (χ0n) is 10.9. The molecule has 0 radical (unpaired) electrons. The Labute approximate surface area is 120 Å². The Morgan fingerprint density at radius 3 is 2.95 bits per heavy atom. The number of aromatic nitrogens is 1. The molecular formula is C12H14ClN3O4. The van der Waals surface area contributed by atoms with Gasteiger partial charge in [0.15, 0.2) is 0 Å². The highest BCUT2D eigenvalue weighted by atomic mass is 35.5. The first kappa shape index (κ1) is 14.5. The van der Waals surface area contributed by atoms with Crippen LogP contribution in [0.25, 0.3) is 0 Å². The minimum absolute atomic E-state index is 0.162. The number of hydrogen-bond donors (Lipinski definition) is 0. The van der Waals surface area contributed by atoms with Gasteiger partial charge < -0.3 is 9.64 Å². The number of carbonyl (C=O) groups is 1. The quantitative estimate of drug-likeness (QED) is 0.483. The summed E-state index contributed by atoms with van der Waals surface area (Å²) in [6, 6.07) is 0.799. The molecule has 2 heterocycles. The van der Waals surface area contributed by atoms with E-state index < -0.39 is 11.0 Å². The SMILES string of the molecule is COC(=O)C1CCCCN1c1ncc([N+](=O)[O-])cc1Cl. The van der Waals surface area contributed by atoms with Gasteiger partial charge in [-0.15, -0.1) is 0 Å². The summed E-state index contributed by atoms with van der Waals surface area (Å²) >= 11 is 6.06. The Morgan fingerprint density at radius 1 is 1.60 bits per heavy atom. The fraction of sp³-hybridized carbons (Fsp3) is 0.500. The Morgan fingerprint density at radius 2 is 2.35 bits per heavy atom.